The summed E-state index contributed by atoms with van der Waals surface area (Å²) in [6.45, 7) is 3.64. The molecule has 7 heteroatoms. The number of aliphatic hydroxyl groups excluding tert-OH is 1. The number of Topliss-reactive ketones (excluding diaryl/α,β-unsaturated/α-hetero) is 1. The van der Waals surface area contributed by atoms with E-state index in [1.807, 2.05) is 31.2 Å². The van der Waals surface area contributed by atoms with Crippen LogP contribution in [0.4, 0.5) is 5.82 Å². The van der Waals surface area contributed by atoms with Gasteiger partial charge in [-0.05, 0) is 43.7 Å². The number of ether oxygens (including phenoxy) is 1. The van der Waals surface area contributed by atoms with Crippen LogP contribution in [-0.4, -0.2) is 29.1 Å². The van der Waals surface area contributed by atoms with Gasteiger partial charge in [0.25, 0.3) is 5.78 Å². The van der Waals surface area contributed by atoms with E-state index in [9.17, 15) is 14.7 Å². The van der Waals surface area contributed by atoms with Crippen molar-refractivity contribution in [2.45, 2.75) is 19.9 Å². The van der Waals surface area contributed by atoms with Crippen LogP contribution in [0.1, 0.15) is 28.5 Å². The molecule has 1 saturated heterocycles. The minimum Gasteiger partial charge on any atom is -0.507 e. The molecule has 1 amide bonds. The molecule has 0 bridgehead atoms. The Bertz CT molecular complexity index is 1140. The average molecular weight is 404 g/mol. The van der Waals surface area contributed by atoms with Crippen molar-refractivity contribution in [1.29, 1.82) is 0 Å². The van der Waals surface area contributed by atoms with Gasteiger partial charge in [-0.15, -0.1) is 0 Å². The number of methoxy groups -OCH3 is 1. The maximum atomic E-state index is 13.0. The number of anilines is 1. The van der Waals surface area contributed by atoms with Crippen LogP contribution < -0.4 is 9.64 Å². The van der Waals surface area contributed by atoms with E-state index in [1.165, 1.54) is 12.0 Å². The van der Waals surface area contributed by atoms with Crippen molar-refractivity contribution in [2.75, 3.05) is 12.0 Å². The molecule has 0 unspecified atom stereocenters. The number of hydrogen-bond donors (Lipinski definition) is 1. The molecule has 0 saturated carbocycles. The standard InChI is InChI=1S/C23H20N2O5/c1-13-4-6-15(7-5-13)20-19(21(26)16-8-10-17(29-3)11-9-16)22(27)23(28)25(20)18-12-14(2)30-24-18/h4-12,20,26H,1-3H3/t20-/m0/s1. The highest BCUT2D eigenvalue weighted by Crippen LogP contribution is 2.42. The van der Waals surface area contributed by atoms with Gasteiger partial charge >= 0.3 is 5.91 Å². The van der Waals surface area contributed by atoms with Crippen LogP contribution in [0, 0.1) is 13.8 Å². The van der Waals surface area contributed by atoms with Crippen LogP contribution in [0.5, 0.6) is 5.75 Å². The normalized spacial score (nSPS) is 18.1. The predicted octanol–water partition coefficient (Wildman–Crippen LogP) is 3.93. The van der Waals surface area contributed by atoms with E-state index in [0.717, 1.165) is 5.56 Å². The lowest BCUT2D eigenvalue weighted by atomic mass is 9.94. The molecule has 0 aliphatic carbocycles. The Morgan fingerprint density at radius 2 is 1.73 bits per heavy atom. The molecule has 2 heterocycles. The topological polar surface area (TPSA) is 92.9 Å². The summed E-state index contributed by atoms with van der Waals surface area (Å²) in [4.78, 5) is 27.2. The van der Waals surface area contributed by atoms with E-state index < -0.39 is 17.7 Å². The summed E-state index contributed by atoms with van der Waals surface area (Å²) >= 11 is 0. The van der Waals surface area contributed by atoms with Gasteiger partial charge in [-0.2, -0.15) is 0 Å². The summed E-state index contributed by atoms with van der Waals surface area (Å²) in [5, 5.41) is 14.9. The van der Waals surface area contributed by atoms with Crippen molar-refractivity contribution < 1.29 is 24.0 Å². The fourth-order valence-corrected chi connectivity index (χ4v) is 3.50. The first-order valence-electron chi connectivity index (χ1n) is 9.36. The van der Waals surface area contributed by atoms with Gasteiger partial charge in [0, 0.05) is 11.6 Å². The van der Waals surface area contributed by atoms with Gasteiger partial charge in [-0.3, -0.25) is 14.5 Å². The Labute approximate surface area is 173 Å². The largest absolute Gasteiger partial charge is 0.507 e. The molecule has 1 aliphatic heterocycles. The smallest absolute Gasteiger partial charge is 0.301 e. The summed E-state index contributed by atoms with van der Waals surface area (Å²) in [6.07, 6.45) is 0. The Kier molecular flexibility index (Phi) is 4.87. The maximum absolute atomic E-state index is 13.0. The summed E-state index contributed by atoms with van der Waals surface area (Å²) in [5.74, 6) is -0.485. The number of aliphatic hydroxyl groups is 1. The first-order chi connectivity index (χ1) is 14.4. The lowest BCUT2D eigenvalue weighted by Crippen LogP contribution is -2.29. The molecule has 2 aromatic carbocycles. The van der Waals surface area contributed by atoms with Gasteiger partial charge in [0.15, 0.2) is 5.82 Å². The van der Waals surface area contributed by atoms with Crippen molar-refractivity contribution in [3.63, 3.8) is 0 Å². The quantitative estimate of drug-likeness (QED) is 0.402. The van der Waals surface area contributed by atoms with Gasteiger partial charge in [-0.1, -0.05) is 35.0 Å². The zero-order valence-corrected chi connectivity index (χ0v) is 16.7. The van der Waals surface area contributed by atoms with E-state index >= 15 is 0 Å². The number of rotatable bonds is 4. The van der Waals surface area contributed by atoms with E-state index in [4.69, 9.17) is 9.26 Å². The number of amides is 1. The third-order valence-corrected chi connectivity index (χ3v) is 5.06. The van der Waals surface area contributed by atoms with Crippen molar-refractivity contribution in [3.05, 3.63) is 82.6 Å². The number of carbonyl (C=O) groups excluding carboxylic acids is 2. The second-order valence-corrected chi connectivity index (χ2v) is 7.10. The monoisotopic (exact) mass is 404 g/mol. The molecule has 3 aromatic rings. The molecular formula is C23H20N2O5. The summed E-state index contributed by atoms with van der Waals surface area (Å²) < 4.78 is 10.3. The van der Waals surface area contributed by atoms with Gasteiger partial charge < -0.3 is 14.4 Å². The highest BCUT2D eigenvalue weighted by molar-refractivity contribution is 6.51. The minimum absolute atomic E-state index is 0.00493. The van der Waals surface area contributed by atoms with Crippen molar-refractivity contribution in [3.8, 4) is 5.75 Å². The molecule has 4 rings (SSSR count). The second-order valence-electron chi connectivity index (χ2n) is 7.10. The maximum Gasteiger partial charge on any atom is 0.301 e. The van der Waals surface area contributed by atoms with Crippen molar-refractivity contribution in [2.24, 2.45) is 0 Å². The molecule has 7 nitrogen and oxygen atoms in total. The fourth-order valence-electron chi connectivity index (χ4n) is 3.50. The predicted molar refractivity (Wildman–Crippen MR) is 110 cm³/mol. The highest BCUT2D eigenvalue weighted by atomic mass is 16.5. The average Bonchev–Trinajstić information content (AvgIpc) is 3.29. The Balaban J connectivity index is 1.91. The Morgan fingerprint density at radius 1 is 1.07 bits per heavy atom. The van der Waals surface area contributed by atoms with E-state index in [-0.39, 0.29) is 17.2 Å². The number of hydrogen-bond acceptors (Lipinski definition) is 6. The number of nitrogens with zero attached hydrogens (tertiary/aromatic N) is 2. The zero-order chi connectivity index (χ0) is 21.4. The molecule has 152 valence electrons. The lowest BCUT2D eigenvalue weighted by Gasteiger charge is -2.23. The summed E-state index contributed by atoms with van der Waals surface area (Å²) in [5.41, 5.74) is 2.11. The number of benzene rings is 2. The van der Waals surface area contributed by atoms with E-state index in [2.05, 4.69) is 5.16 Å². The van der Waals surface area contributed by atoms with Crippen LogP contribution in [0.3, 0.4) is 0 Å². The summed E-state index contributed by atoms with van der Waals surface area (Å²) in [7, 11) is 1.54. The molecule has 1 aromatic heterocycles. The SMILES string of the molecule is COc1ccc(C(O)=C2C(=O)C(=O)N(c3cc(C)on3)[C@H]2c2ccc(C)cc2)cc1. The van der Waals surface area contributed by atoms with E-state index in [1.54, 1.807) is 37.3 Å². The van der Waals surface area contributed by atoms with Gasteiger partial charge in [0.2, 0.25) is 0 Å². The molecule has 30 heavy (non-hydrogen) atoms. The van der Waals surface area contributed by atoms with Crippen LogP contribution >= 0.6 is 0 Å². The molecular weight excluding hydrogens is 384 g/mol. The third-order valence-electron chi connectivity index (χ3n) is 5.06. The van der Waals surface area contributed by atoms with Crippen molar-refractivity contribution in [1.82, 2.24) is 5.16 Å². The first kappa shape index (κ1) is 19.4. The van der Waals surface area contributed by atoms with Gasteiger partial charge in [-0.25, -0.2) is 0 Å². The third kappa shape index (κ3) is 3.24. The van der Waals surface area contributed by atoms with Crippen molar-refractivity contribution >= 4 is 23.3 Å². The molecule has 1 aliphatic rings. The Morgan fingerprint density at radius 3 is 2.30 bits per heavy atom. The molecule has 1 N–H and O–H groups in total. The minimum atomic E-state index is -0.836. The lowest BCUT2D eigenvalue weighted by molar-refractivity contribution is -0.132. The number of aromatic nitrogens is 1. The zero-order valence-electron chi connectivity index (χ0n) is 16.7. The van der Waals surface area contributed by atoms with Crippen LogP contribution in [-0.2, 0) is 9.59 Å². The van der Waals surface area contributed by atoms with Crippen LogP contribution in [0.2, 0.25) is 0 Å². The second kappa shape index (κ2) is 7.51. The number of aryl methyl sites for hydroxylation is 2. The molecule has 0 spiro atoms. The Hall–Kier alpha value is -3.87. The van der Waals surface area contributed by atoms with E-state index in [0.29, 0.717) is 22.6 Å². The van der Waals surface area contributed by atoms with Crippen LogP contribution in [0.15, 0.2) is 64.7 Å². The fraction of sp³-hybridized carbons (Fsp3) is 0.174. The summed E-state index contributed by atoms with van der Waals surface area (Å²) in [6, 6.07) is 14.8. The molecule has 0 radical (unpaired) electrons. The molecule has 1 fully saturated rings. The van der Waals surface area contributed by atoms with Crippen LogP contribution in [0.25, 0.3) is 5.76 Å². The van der Waals surface area contributed by atoms with Gasteiger partial charge in [0.05, 0.1) is 18.7 Å². The first-order valence-corrected chi connectivity index (χ1v) is 9.36. The van der Waals surface area contributed by atoms with Gasteiger partial charge in [0.1, 0.15) is 17.3 Å². The number of carbonyl (C=O) groups is 2. The highest BCUT2D eigenvalue weighted by Gasteiger charge is 2.48. The molecule has 1 atom stereocenters. The number of ketones is 1.